The first-order valence-electron chi connectivity index (χ1n) is 10.3. The van der Waals surface area contributed by atoms with E-state index in [-0.39, 0.29) is 11.6 Å². The fourth-order valence-corrected chi connectivity index (χ4v) is 4.59. The third-order valence-corrected chi connectivity index (χ3v) is 6.10. The van der Waals surface area contributed by atoms with Gasteiger partial charge in [0.25, 0.3) is 0 Å². The molecule has 0 amide bonds. The Hall–Kier alpha value is -3.70. The van der Waals surface area contributed by atoms with E-state index < -0.39 is 11.9 Å². The maximum absolute atomic E-state index is 14.9. The second-order valence-corrected chi connectivity index (χ2v) is 7.93. The predicted octanol–water partition coefficient (Wildman–Crippen LogP) is 6.13. The van der Waals surface area contributed by atoms with Crippen molar-refractivity contribution in [3.05, 3.63) is 102 Å². The van der Waals surface area contributed by atoms with Crippen LogP contribution in [-0.2, 0) is 0 Å². The average Bonchev–Trinajstić information content (AvgIpc) is 3.50. The van der Waals surface area contributed by atoms with Crippen LogP contribution in [0.15, 0.2) is 89.7 Å². The van der Waals surface area contributed by atoms with Crippen LogP contribution in [0, 0.1) is 5.82 Å². The molecule has 3 heterocycles. The topological polar surface area (TPSA) is 51.2 Å². The number of halogens is 1. The molecule has 1 aliphatic rings. The minimum absolute atomic E-state index is 0.0944. The number of rotatable bonds is 4. The molecule has 6 rings (SSSR count). The molecule has 4 nitrogen and oxygen atoms in total. The summed E-state index contributed by atoms with van der Waals surface area (Å²) in [7, 11) is 0. The first-order chi connectivity index (χ1) is 15.2. The van der Waals surface area contributed by atoms with E-state index in [2.05, 4.69) is 21.7 Å². The Kier molecular flexibility index (Phi) is 4.04. The lowest BCUT2D eigenvalue weighted by atomic mass is 9.95. The first kappa shape index (κ1) is 18.1. The van der Waals surface area contributed by atoms with Gasteiger partial charge in [-0.25, -0.2) is 9.37 Å². The van der Waals surface area contributed by atoms with Crippen molar-refractivity contribution in [3.63, 3.8) is 0 Å². The highest BCUT2D eigenvalue weighted by molar-refractivity contribution is 5.83. The van der Waals surface area contributed by atoms with Gasteiger partial charge in [-0.05, 0) is 17.7 Å². The van der Waals surface area contributed by atoms with E-state index in [1.165, 1.54) is 6.07 Å². The van der Waals surface area contributed by atoms with Gasteiger partial charge in [0.15, 0.2) is 0 Å². The van der Waals surface area contributed by atoms with Crippen LogP contribution in [0.25, 0.3) is 33.6 Å². The molecule has 2 aromatic heterocycles. The van der Waals surface area contributed by atoms with Crippen LogP contribution in [0.3, 0.4) is 0 Å². The van der Waals surface area contributed by atoms with Crippen LogP contribution in [0.5, 0.6) is 0 Å². The standard InChI is InChI=1S/C26H19FN2O2/c27-21-12-26-17(11-25(31-26)16-6-2-1-3-7-16)10-20(21)24(30)13-22-18-8-4-5-9-19(18)23-14-28-15-29(22)23/h1-12,14-15,22,24,30H,13H2/t22-,24-/m0/s1. The molecule has 0 saturated heterocycles. The maximum atomic E-state index is 14.9. The third-order valence-electron chi connectivity index (χ3n) is 6.10. The fraction of sp³-hybridized carbons (Fsp3) is 0.115. The Bertz CT molecular complexity index is 1400. The Morgan fingerprint density at radius 2 is 1.84 bits per heavy atom. The van der Waals surface area contributed by atoms with E-state index in [0.717, 1.165) is 27.8 Å². The van der Waals surface area contributed by atoms with Crippen LogP contribution >= 0.6 is 0 Å². The van der Waals surface area contributed by atoms with Gasteiger partial charge in [0.1, 0.15) is 17.2 Å². The zero-order valence-corrected chi connectivity index (χ0v) is 16.6. The Morgan fingerprint density at radius 1 is 1.03 bits per heavy atom. The minimum Gasteiger partial charge on any atom is -0.456 e. The van der Waals surface area contributed by atoms with Crippen molar-refractivity contribution in [2.75, 3.05) is 0 Å². The van der Waals surface area contributed by atoms with E-state index in [4.69, 9.17) is 4.42 Å². The summed E-state index contributed by atoms with van der Waals surface area (Å²) in [5, 5.41) is 11.8. The van der Waals surface area contributed by atoms with E-state index >= 15 is 0 Å². The highest BCUT2D eigenvalue weighted by atomic mass is 19.1. The highest BCUT2D eigenvalue weighted by Gasteiger charge is 2.31. The Labute approximate surface area is 178 Å². The van der Waals surface area contributed by atoms with E-state index in [1.54, 1.807) is 12.4 Å². The van der Waals surface area contributed by atoms with Crippen LogP contribution in [0.4, 0.5) is 4.39 Å². The Morgan fingerprint density at radius 3 is 2.71 bits per heavy atom. The van der Waals surface area contributed by atoms with E-state index in [0.29, 0.717) is 17.8 Å². The van der Waals surface area contributed by atoms with Crippen molar-refractivity contribution >= 4 is 11.0 Å². The summed E-state index contributed by atoms with van der Waals surface area (Å²) in [6, 6.07) is 22.6. The second kappa shape index (κ2) is 6.93. The molecular weight excluding hydrogens is 391 g/mol. The fourth-order valence-electron chi connectivity index (χ4n) is 4.59. The molecule has 5 aromatic rings. The van der Waals surface area contributed by atoms with Crippen molar-refractivity contribution in [2.24, 2.45) is 0 Å². The second-order valence-electron chi connectivity index (χ2n) is 7.93. The van der Waals surface area contributed by atoms with Crippen molar-refractivity contribution in [2.45, 2.75) is 18.6 Å². The smallest absolute Gasteiger partial charge is 0.137 e. The molecule has 0 unspecified atom stereocenters. The first-order valence-corrected chi connectivity index (χ1v) is 10.3. The number of aliphatic hydroxyl groups excluding tert-OH is 1. The molecule has 0 saturated carbocycles. The molecule has 0 bridgehead atoms. The monoisotopic (exact) mass is 410 g/mol. The molecule has 2 atom stereocenters. The number of aromatic nitrogens is 2. The summed E-state index contributed by atoms with van der Waals surface area (Å²) >= 11 is 0. The third kappa shape index (κ3) is 2.89. The molecular formula is C26H19FN2O2. The molecule has 1 aliphatic heterocycles. The molecule has 0 fully saturated rings. The molecule has 0 aliphatic carbocycles. The number of fused-ring (bicyclic) bond motifs is 4. The molecule has 5 heteroatoms. The molecule has 1 N–H and O–H groups in total. The molecule has 3 aromatic carbocycles. The van der Waals surface area contributed by atoms with Gasteiger partial charge in [-0.3, -0.25) is 0 Å². The van der Waals surface area contributed by atoms with Gasteiger partial charge in [0.2, 0.25) is 0 Å². The number of nitrogens with zero attached hydrogens (tertiary/aromatic N) is 2. The lowest BCUT2D eigenvalue weighted by Crippen LogP contribution is -2.11. The maximum Gasteiger partial charge on any atom is 0.137 e. The van der Waals surface area contributed by atoms with Gasteiger partial charge in [0.05, 0.1) is 30.4 Å². The summed E-state index contributed by atoms with van der Waals surface area (Å²) in [5.74, 6) is 0.209. The summed E-state index contributed by atoms with van der Waals surface area (Å²) in [6.07, 6.45) is 2.99. The van der Waals surface area contributed by atoms with Gasteiger partial charge in [-0.1, -0.05) is 54.6 Å². The van der Waals surface area contributed by atoms with E-state index in [1.807, 2.05) is 54.7 Å². The van der Waals surface area contributed by atoms with Crippen molar-refractivity contribution in [3.8, 4) is 22.6 Å². The zero-order chi connectivity index (χ0) is 20.9. The summed E-state index contributed by atoms with van der Waals surface area (Å²) in [4.78, 5) is 4.26. The quantitative estimate of drug-likeness (QED) is 0.388. The lowest BCUT2D eigenvalue weighted by Gasteiger charge is -2.19. The molecule has 0 spiro atoms. The summed E-state index contributed by atoms with van der Waals surface area (Å²) in [6.45, 7) is 0. The Balaban J connectivity index is 1.36. The van der Waals surface area contributed by atoms with Crippen molar-refractivity contribution in [1.29, 1.82) is 0 Å². The number of hydrogen-bond acceptors (Lipinski definition) is 3. The molecule has 152 valence electrons. The van der Waals surface area contributed by atoms with Gasteiger partial charge in [0, 0.05) is 34.6 Å². The zero-order valence-electron chi connectivity index (χ0n) is 16.6. The SMILES string of the molecule is O[C@@H](C[C@H]1c2ccccc2-c2cncn21)c1cc2cc(-c3ccccc3)oc2cc1F. The van der Waals surface area contributed by atoms with Crippen LogP contribution < -0.4 is 0 Å². The number of hydrogen-bond donors (Lipinski definition) is 1. The van der Waals surface area contributed by atoms with Gasteiger partial charge in [-0.15, -0.1) is 0 Å². The predicted molar refractivity (Wildman–Crippen MR) is 117 cm³/mol. The number of imidazole rings is 1. The number of benzene rings is 3. The highest BCUT2D eigenvalue weighted by Crippen LogP contribution is 2.43. The van der Waals surface area contributed by atoms with Gasteiger partial charge < -0.3 is 14.1 Å². The van der Waals surface area contributed by atoms with Crippen molar-refractivity contribution < 1.29 is 13.9 Å². The normalized spacial score (nSPS) is 15.7. The van der Waals surface area contributed by atoms with Crippen LogP contribution in [0.1, 0.15) is 29.7 Å². The van der Waals surface area contributed by atoms with Crippen LogP contribution in [0.2, 0.25) is 0 Å². The largest absolute Gasteiger partial charge is 0.456 e. The number of aliphatic hydroxyl groups is 1. The summed E-state index contributed by atoms with van der Waals surface area (Å²) in [5.41, 5.74) is 4.92. The van der Waals surface area contributed by atoms with Crippen molar-refractivity contribution in [1.82, 2.24) is 9.55 Å². The lowest BCUT2D eigenvalue weighted by molar-refractivity contribution is 0.149. The average molecular weight is 410 g/mol. The van der Waals surface area contributed by atoms with Gasteiger partial charge in [-0.2, -0.15) is 0 Å². The summed E-state index contributed by atoms with van der Waals surface area (Å²) < 4.78 is 22.9. The van der Waals surface area contributed by atoms with Gasteiger partial charge >= 0.3 is 0 Å². The molecule has 0 radical (unpaired) electrons. The van der Waals surface area contributed by atoms with E-state index in [9.17, 15) is 9.50 Å². The number of furan rings is 1. The molecule has 31 heavy (non-hydrogen) atoms. The van der Waals surface area contributed by atoms with Crippen LogP contribution in [-0.4, -0.2) is 14.7 Å². The minimum atomic E-state index is -0.967.